The minimum atomic E-state index is 0.133. The van der Waals surface area contributed by atoms with Gasteiger partial charge in [0.05, 0.1) is 18.8 Å². The standard InChI is InChI=1S/C26H29N5O3/c1-3-11-33-21-6-4-5-18(12-21)24-13-22-23(15-28-26(27)25(22)34-24)19-14-29-31(16-19)20-7-9-30(10-8-20)17(2)32/h4-6,12-16,20H,3,7-11H2,1-2H3,(H2,27,28). The van der Waals surface area contributed by atoms with Crippen LogP contribution in [0.2, 0.25) is 0 Å². The number of nitrogens with zero attached hydrogens (tertiary/aromatic N) is 4. The number of ether oxygens (including phenoxy) is 1. The molecule has 0 saturated carbocycles. The first-order valence-electron chi connectivity index (χ1n) is 11.7. The number of likely N-dealkylation sites (tertiary alicyclic amines) is 1. The van der Waals surface area contributed by atoms with E-state index in [4.69, 9.17) is 14.9 Å². The van der Waals surface area contributed by atoms with Crippen LogP contribution in [0.3, 0.4) is 0 Å². The summed E-state index contributed by atoms with van der Waals surface area (Å²) in [5.74, 6) is 2.01. The fraction of sp³-hybridized carbons (Fsp3) is 0.346. The highest BCUT2D eigenvalue weighted by atomic mass is 16.5. The number of fused-ring (bicyclic) bond motifs is 1. The number of carbonyl (C=O) groups excluding carboxylic acids is 1. The smallest absolute Gasteiger partial charge is 0.219 e. The highest BCUT2D eigenvalue weighted by Gasteiger charge is 2.23. The Morgan fingerprint density at radius 2 is 2.03 bits per heavy atom. The second kappa shape index (κ2) is 9.21. The van der Waals surface area contributed by atoms with Crippen LogP contribution in [0.15, 0.2) is 53.3 Å². The molecule has 0 bridgehead atoms. The van der Waals surface area contributed by atoms with Gasteiger partial charge >= 0.3 is 0 Å². The van der Waals surface area contributed by atoms with Crippen molar-refractivity contribution in [3.8, 4) is 28.2 Å². The molecule has 4 aromatic rings. The largest absolute Gasteiger partial charge is 0.494 e. The van der Waals surface area contributed by atoms with Crippen LogP contribution < -0.4 is 10.5 Å². The zero-order chi connectivity index (χ0) is 23.7. The lowest BCUT2D eigenvalue weighted by Crippen LogP contribution is -2.37. The summed E-state index contributed by atoms with van der Waals surface area (Å²) >= 11 is 0. The Morgan fingerprint density at radius 1 is 1.21 bits per heavy atom. The van der Waals surface area contributed by atoms with Crippen molar-refractivity contribution in [2.24, 2.45) is 0 Å². The number of hydrogen-bond acceptors (Lipinski definition) is 6. The number of nitrogens with two attached hydrogens (primary N) is 1. The molecule has 5 rings (SSSR count). The van der Waals surface area contributed by atoms with Crippen molar-refractivity contribution in [2.45, 2.75) is 39.2 Å². The third kappa shape index (κ3) is 4.23. The molecule has 8 nitrogen and oxygen atoms in total. The lowest BCUT2D eigenvalue weighted by atomic mass is 10.0. The SMILES string of the molecule is CCCOc1cccc(-c2cc3c(-c4cnn(C5CCN(C(C)=O)CC5)c4)cnc(N)c3o2)c1. The molecule has 1 aliphatic heterocycles. The van der Waals surface area contributed by atoms with Gasteiger partial charge in [0, 0.05) is 54.5 Å². The van der Waals surface area contributed by atoms with Crippen LogP contribution in [0.25, 0.3) is 33.4 Å². The first-order chi connectivity index (χ1) is 16.5. The number of piperidine rings is 1. The molecule has 0 spiro atoms. The molecule has 1 fully saturated rings. The number of hydrogen-bond donors (Lipinski definition) is 1. The minimum Gasteiger partial charge on any atom is -0.494 e. The fourth-order valence-corrected chi connectivity index (χ4v) is 4.50. The number of carbonyl (C=O) groups is 1. The summed E-state index contributed by atoms with van der Waals surface area (Å²) < 4.78 is 13.9. The number of amides is 1. The molecule has 0 radical (unpaired) electrons. The van der Waals surface area contributed by atoms with E-state index >= 15 is 0 Å². The number of benzene rings is 1. The van der Waals surface area contributed by atoms with Crippen molar-refractivity contribution in [3.05, 3.63) is 48.9 Å². The Hall–Kier alpha value is -3.81. The third-order valence-corrected chi connectivity index (χ3v) is 6.38. The first kappa shape index (κ1) is 22.0. The zero-order valence-electron chi connectivity index (χ0n) is 19.5. The van der Waals surface area contributed by atoms with Crippen LogP contribution in [0, 0.1) is 0 Å². The molecule has 2 N–H and O–H groups in total. The summed E-state index contributed by atoms with van der Waals surface area (Å²) in [5, 5.41) is 5.52. The molecule has 176 valence electrons. The van der Waals surface area contributed by atoms with Crippen LogP contribution in [0.4, 0.5) is 5.82 Å². The molecule has 1 amide bonds. The van der Waals surface area contributed by atoms with Gasteiger partial charge in [0.15, 0.2) is 11.4 Å². The van der Waals surface area contributed by atoms with E-state index in [1.165, 1.54) is 0 Å². The predicted molar refractivity (Wildman–Crippen MR) is 131 cm³/mol. The van der Waals surface area contributed by atoms with Crippen molar-refractivity contribution in [2.75, 3.05) is 25.4 Å². The molecule has 1 aromatic carbocycles. The van der Waals surface area contributed by atoms with Crippen LogP contribution in [-0.4, -0.2) is 45.3 Å². The van der Waals surface area contributed by atoms with Gasteiger partial charge in [0.1, 0.15) is 11.5 Å². The number of aromatic nitrogens is 3. The Kier molecular flexibility index (Phi) is 5.96. The van der Waals surface area contributed by atoms with Gasteiger partial charge in [-0.15, -0.1) is 0 Å². The Balaban J connectivity index is 1.45. The number of anilines is 1. The first-order valence-corrected chi connectivity index (χ1v) is 11.7. The monoisotopic (exact) mass is 459 g/mol. The highest BCUT2D eigenvalue weighted by Crippen LogP contribution is 2.37. The molecule has 0 unspecified atom stereocenters. The van der Waals surface area contributed by atoms with Gasteiger partial charge in [-0.05, 0) is 37.5 Å². The van der Waals surface area contributed by atoms with Crippen LogP contribution in [0.5, 0.6) is 5.75 Å². The Morgan fingerprint density at radius 3 is 2.79 bits per heavy atom. The molecule has 8 heteroatoms. The Bertz CT molecular complexity index is 1320. The van der Waals surface area contributed by atoms with E-state index < -0.39 is 0 Å². The highest BCUT2D eigenvalue weighted by molar-refractivity contribution is 6.00. The molecule has 1 aliphatic rings. The average molecular weight is 460 g/mol. The molecular formula is C26H29N5O3. The van der Waals surface area contributed by atoms with E-state index in [0.29, 0.717) is 23.8 Å². The molecule has 0 atom stereocenters. The summed E-state index contributed by atoms with van der Waals surface area (Å²) in [5.41, 5.74) is 9.53. The van der Waals surface area contributed by atoms with Crippen LogP contribution in [-0.2, 0) is 4.79 Å². The lowest BCUT2D eigenvalue weighted by Gasteiger charge is -2.31. The summed E-state index contributed by atoms with van der Waals surface area (Å²) in [4.78, 5) is 17.9. The molecular weight excluding hydrogens is 430 g/mol. The maximum Gasteiger partial charge on any atom is 0.219 e. The van der Waals surface area contributed by atoms with Gasteiger partial charge in [-0.3, -0.25) is 9.48 Å². The van der Waals surface area contributed by atoms with E-state index in [9.17, 15) is 4.79 Å². The molecule has 34 heavy (non-hydrogen) atoms. The predicted octanol–water partition coefficient (Wildman–Crippen LogP) is 4.91. The van der Waals surface area contributed by atoms with E-state index in [2.05, 4.69) is 17.0 Å². The number of rotatable bonds is 6. The molecule has 0 aliphatic carbocycles. The third-order valence-electron chi connectivity index (χ3n) is 6.38. The van der Waals surface area contributed by atoms with E-state index in [0.717, 1.165) is 60.2 Å². The van der Waals surface area contributed by atoms with Gasteiger partial charge in [-0.25, -0.2) is 4.98 Å². The molecule has 3 aromatic heterocycles. The normalized spacial score (nSPS) is 14.6. The topological polar surface area (TPSA) is 99.4 Å². The maximum atomic E-state index is 11.6. The lowest BCUT2D eigenvalue weighted by molar-refractivity contribution is -0.130. The summed E-state index contributed by atoms with van der Waals surface area (Å²) in [7, 11) is 0. The van der Waals surface area contributed by atoms with Crippen LogP contribution in [0.1, 0.15) is 39.2 Å². The van der Waals surface area contributed by atoms with Crippen molar-refractivity contribution in [3.63, 3.8) is 0 Å². The van der Waals surface area contributed by atoms with E-state index in [-0.39, 0.29) is 11.9 Å². The molecule has 4 heterocycles. The maximum absolute atomic E-state index is 11.6. The van der Waals surface area contributed by atoms with E-state index in [1.54, 1.807) is 13.1 Å². The minimum absolute atomic E-state index is 0.133. The second-order valence-corrected chi connectivity index (χ2v) is 8.73. The molecule has 1 saturated heterocycles. The summed E-state index contributed by atoms with van der Waals surface area (Å²) in [6.07, 6.45) is 8.41. The number of furan rings is 1. The van der Waals surface area contributed by atoms with Crippen molar-refractivity contribution in [1.82, 2.24) is 19.7 Å². The van der Waals surface area contributed by atoms with Gasteiger partial charge in [-0.2, -0.15) is 5.10 Å². The Labute approximate surface area is 198 Å². The zero-order valence-corrected chi connectivity index (χ0v) is 19.5. The summed E-state index contributed by atoms with van der Waals surface area (Å²) in [6, 6.07) is 10.1. The van der Waals surface area contributed by atoms with Gasteiger partial charge in [-0.1, -0.05) is 19.1 Å². The van der Waals surface area contributed by atoms with Gasteiger partial charge in [0.25, 0.3) is 0 Å². The van der Waals surface area contributed by atoms with E-state index in [1.807, 2.05) is 52.3 Å². The fourth-order valence-electron chi connectivity index (χ4n) is 4.50. The number of pyridine rings is 1. The van der Waals surface area contributed by atoms with Crippen LogP contribution >= 0.6 is 0 Å². The quantitative estimate of drug-likeness (QED) is 0.440. The van der Waals surface area contributed by atoms with Gasteiger partial charge < -0.3 is 19.8 Å². The van der Waals surface area contributed by atoms with Gasteiger partial charge in [0.2, 0.25) is 5.91 Å². The second-order valence-electron chi connectivity index (χ2n) is 8.73. The number of nitrogen functional groups attached to an aromatic ring is 1. The van der Waals surface area contributed by atoms with Crippen molar-refractivity contribution in [1.29, 1.82) is 0 Å². The van der Waals surface area contributed by atoms with Crippen molar-refractivity contribution >= 4 is 22.7 Å². The van der Waals surface area contributed by atoms with Crippen molar-refractivity contribution < 1.29 is 13.9 Å². The average Bonchev–Trinajstić information content (AvgIpc) is 3.52. The summed E-state index contributed by atoms with van der Waals surface area (Å²) in [6.45, 7) is 5.89.